The van der Waals surface area contributed by atoms with Crippen molar-refractivity contribution in [3.05, 3.63) is 64.1 Å². The molecule has 0 aromatic heterocycles. The Kier molecular flexibility index (Phi) is 5.36. The van der Waals surface area contributed by atoms with Crippen LogP contribution < -0.4 is 5.32 Å². The van der Waals surface area contributed by atoms with Gasteiger partial charge in [-0.3, -0.25) is 5.32 Å². The van der Waals surface area contributed by atoms with Crippen molar-refractivity contribution < 1.29 is 14.6 Å². The number of hydrogen-bond acceptors (Lipinski definition) is 3. The minimum Gasteiger partial charge on any atom is -0.444 e. The topological polar surface area (TPSA) is 58.6 Å². The van der Waals surface area contributed by atoms with Gasteiger partial charge in [0.15, 0.2) is 0 Å². The van der Waals surface area contributed by atoms with E-state index >= 15 is 0 Å². The lowest BCUT2D eigenvalue weighted by Crippen LogP contribution is -2.15. The normalized spacial score (nSPS) is 11.8. The molecule has 0 aliphatic carbocycles. The summed E-state index contributed by atoms with van der Waals surface area (Å²) >= 11 is 3.34. The van der Waals surface area contributed by atoms with Crippen molar-refractivity contribution in [1.82, 2.24) is 0 Å². The molecule has 0 radical (unpaired) electrons. The second kappa shape index (κ2) is 7.24. The molecule has 1 amide bonds. The molecular weight excluding hydrogens is 334 g/mol. The molecule has 5 heteroatoms. The molecule has 0 heterocycles. The van der Waals surface area contributed by atoms with E-state index in [1.54, 1.807) is 25.1 Å². The Balaban J connectivity index is 2.00. The number of nitrogens with one attached hydrogen (secondary N) is 1. The first-order chi connectivity index (χ1) is 10.1. The SMILES string of the molecule is CC(O)c1cc(Br)ccc1NC(=O)OCc1ccccc1. The summed E-state index contributed by atoms with van der Waals surface area (Å²) in [5.74, 6) is 0. The Hall–Kier alpha value is -1.85. The first-order valence-corrected chi connectivity index (χ1v) is 7.31. The molecule has 0 bridgehead atoms. The lowest BCUT2D eigenvalue weighted by Gasteiger charge is -2.14. The van der Waals surface area contributed by atoms with E-state index in [4.69, 9.17) is 4.74 Å². The quantitative estimate of drug-likeness (QED) is 0.867. The smallest absolute Gasteiger partial charge is 0.411 e. The van der Waals surface area contributed by atoms with Gasteiger partial charge in [0.05, 0.1) is 6.10 Å². The summed E-state index contributed by atoms with van der Waals surface area (Å²) in [7, 11) is 0. The van der Waals surface area contributed by atoms with Crippen LogP contribution in [0.2, 0.25) is 0 Å². The first-order valence-electron chi connectivity index (χ1n) is 6.51. The van der Waals surface area contributed by atoms with Crippen LogP contribution in [0.3, 0.4) is 0 Å². The Morgan fingerprint density at radius 2 is 2.00 bits per heavy atom. The second-order valence-electron chi connectivity index (χ2n) is 4.59. The molecule has 4 nitrogen and oxygen atoms in total. The molecular formula is C16H16BrNO3. The third-order valence-electron chi connectivity index (χ3n) is 2.91. The predicted octanol–water partition coefficient (Wildman–Crippen LogP) is 4.25. The van der Waals surface area contributed by atoms with E-state index < -0.39 is 12.2 Å². The number of benzene rings is 2. The van der Waals surface area contributed by atoms with Crippen LogP contribution in [-0.4, -0.2) is 11.2 Å². The molecule has 0 saturated heterocycles. The van der Waals surface area contributed by atoms with Crippen LogP contribution >= 0.6 is 15.9 Å². The van der Waals surface area contributed by atoms with Gasteiger partial charge in [0, 0.05) is 15.7 Å². The van der Waals surface area contributed by atoms with Gasteiger partial charge in [0.25, 0.3) is 0 Å². The fraction of sp³-hybridized carbons (Fsp3) is 0.188. The maximum Gasteiger partial charge on any atom is 0.411 e. The van der Waals surface area contributed by atoms with Crippen molar-refractivity contribution in [1.29, 1.82) is 0 Å². The summed E-state index contributed by atoms with van der Waals surface area (Å²) in [6.07, 6.45) is -1.24. The average Bonchev–Trinajstić information content (AvgIpc) is 2.48. The standard InChI is InChI=1S/C16H16BrNO3/c1-11(19)14-9-13(17)7-8-15(14)18-16(20)21-10-12-5-3-2-4-6-12/h2-9,11,19H,10H2,1H3,(H,18,20). The van der Waals surface area contributed by atoms with Crippen molar-refractivity contribution in [2.75, 3.05) is 5.32 Å². The van der Waals surface area contributed by atoms with E-state index in [2.05, 4.69) is 21.2 Å². The number of aliphatic hydroxyl groups excluding tert-OH is 1. The summed E-state index contributed by atoms with van der Waals surface area (Å²) in [4.78, 5) is 11.8. The molecule has 0 aliphatic rings. The predicted molar refractivity (Wildman–Crippen MR) is 85.0 cm³/mol. The van der Waals surface area contributed by atoms with Crippen molar-refractivity contribution in [3.8, 4) is 0 Å². The largest absolute Gasteiger partial charge is 0.444 e. The van der Waals surface area contributed by atoms with Gasteiger partial charge in [-0.2, -0.15) is 0 Å². The van der Waals surface area contributed by atoms with Crippen LogP contribution in [0, 0.1) is 0 Å². The van der Waals surface area contributed by atoms with E-state index in [1.165, 1.54) is 0 Å². The summed E-state index contributed by atoms with van der Waals surface area (Å²) in [5.41, 5.74) is 2.08. The average molecular weight is 350 g/mol. The van der Waals surface area contributed by atoms with Crippen molar-refractivity contribution in [2.24, 2.45) is 0 Å². The van der Waals surface area contributed by atoms with Gasteiger partial charge in [-0.1, -0.05) is 46.3 Å². The highest BCUT2D eigenvalue weighted by Crippen LogP contribution is 2.26. The van der Waals surface area contributed by atoms with Gasteiger partial charge in [-0.25, -0.2) is 4.79 Å². The molecule has 1 atom stereocenters. The van der Waals surface area contributed by atoms with Crippen LogP contribution in [0.4, 0.5) is 10.5 Å². The van der Waals surface area contributed by atoms with Crippen LogP contribution in [0.1, 0.15) is 24.2 Å². The number of amides is 1. The first kappa shape index (κ1) is 15.5. The molecule has 0 saturated carbocycles. The van der Waals surface area contributed by atoms with E-state index in [9.17, 15) is 9.90 Å². The van der Waals surface area contributed by atoms with E-state index in [0.29, 0.717) is 11.3 Å². The number of ether oxygens (including phenoxy) is 1. The van der Waals surface area contributed by atoms with Gasteiger partial charge in [0.2, 0.25) is 0 Å². The number of hydrogen-bond donors (Lipinski definition) is 2. The monoisotopic (exact) mass is 349 g/mol. The molecule has 2 N–H and O–H groups in total. The van der Waals surface area contributed by atoms with Gasteiger partial charge in [0.1, 0.15) is 6.61 Å². The van der Waals surface area contributed by atoms with Crippen molar-refractivity contribution in [3.63, 3.8) is 0 Å². The van der Waals surface area contributed by atoms with E-state index in [-0.39, 0.29) is 6.61 Å². The van der Waals surface area contributed by atoms with Crippen LogP contribution in [-0.2, 0) is 11.3 Å². The summed E-state index contributed by atoms with van der Waals surface area (Å²) in [6.45, 7) is 1.84. The van der Waals surface area contributed by atoms with Crippen molar-refractivity contribution >= 4 is 27.7 Å². The van der Waals surface area contributed by atoms with E-state index in [1.807, 2.05) is 30.3 Å². The molecule has 1 unspecified atom stereocenters. The van der Waals surface area contributed by atoms with Gasteiger partial charge < -0.3 is 9.84 Å². The Bertz CT molecular complexity index is 614. The summed E-state index contributed by atoms with van der Waals surface area (Å²) in [5, 5.41) is 12.4. The highest BCUT2D eigenvalue weighted by molar-refractivity contribution is 9.10. The molecule has 2 aromatic carbocycles. The Morgan fingerprint density at radius 1 is 1.29 bits per heavy atom. The van der Waals surface area contributed by atoms with Crippen molar-refractivity contribution in [2.45, 2.75) is 19.6 Å². The number of rotatable bonds is 4. The zero-order chi connectivity index (χ0) is 15.2. The number of carbonyl (C=O) groups excluding carboxylic acids is 1. The van der Waals surface area contributed by atoms with Crippen LogP contribution in [0.25, 0.3) is 0 Å². The molecule has 0 fully saturated rings. The molecule has 2 rings (SSSR count). The van der Waals surface area contributed by atoms with Gasteiger partial charge in [-0.15, -0.1) is 0 Å². The minimum absolute atomic E-state index is 0.202. The van der Waals surface area contributed by atoms with Gasteiger partial charge in [-0.05, 0) is 30.7 Å². The highest BCUT2D eigenvalue weighted by Gasteiger charge is 2.12. The molecule has 0 spiro atoms. The highest BCUT2D eigenvalue weighted by atomic mass is 79.9. The fourth-order valence-corrected chi connectivity index (χ4v) is 2.24. The van der Waals surface area contributed by atoms with Crippen LogP contribution in [0.15, 0.2) is 53.0 Å². The zero-order valence-electron chi connectivity index (χ0n) is 11.5. The number of anilines is 1. The lowest BCUT2D eigenvalue weighted by molar-refractivity contribution is 0.155. The molecule has 110 valence electrons. The number of carbonyl (C=O) groups is 1. The molecule has 21 heavy (non-hydrogen) atoms. The lowest BCUT2D eigenvalue weighted by atomic mass is 10.1. The molecule has 2 aromatic rings. The maximum atomic E-state index is 11.8. The zero-order valence-corrected chi connectivity index (χ0v) is 13.1. The Morgan fingerprint density at radius 3 is 2.67 bits per heavy atom. The molecule has 0 aliphatic heterocycles. The third-order valence-corrected chi connectivity index (χ3v) is 3.41. The minimum atomic E-state index is -0.688. The van der Waals surface area contributed by atoms with E-state index in [0.717, 1.165) is 10.0 Å². The fourth-order valence-electron chi connectivity index (χ4n) is 1.86. The third kappa shape index (κ3) is 4.58. The second-order valence-corrected chi connectivity index (χ2v) is 5.51. The van der Waals surface area contributed by atoms with Gasteiger partial charge >= 0.3 is 6.09 Å². The summed E-state index contributed by atoms with van der Waals surface area (Å²) < 4.78 is 5.99. The van der Waals surface area contributed by atoms with Crippen LogP contribution in [0.5, 0.6) is 0 Å². The number of aliphatic hydroxyl groups is 1. The maximum absolute atomic E-state index is 11.8. The number of halogens is 1. The summed E-state index contributed by atoms with van der Waals surface area (Å²) in [6, 6.07) is 14.7. The Labute approximate surface area is 131 Å².